The average Bonchev–Trinajstić information content (AvgIpc) is 2.79. The molecule has 2 atom stereocenters. The molecule has 0 radical (unpaired) electrons. The number of aromatic nitrogens is 1. The summed E-state index contributed by atoms with van der Waals surface area (Å²) in [6.45, 7) is 2.64. The van der Waals surface area contributed by atoms with Crippen molar-refractivity contribution in [1.82, 2.24) is 4.98 Å². The van der Waals surface area contributed by atoms with E-state index in [9.17, 15) is 0 Å². The van der Waals surface area contributed by atoms with Crippen LogP contribution in [0.2, 0.25) is 0 Å². The fourth-order valence-electron chi connectivity index (χ4n) is 3.03. The van der Waals surface area contributed by atoms with Gasteiger partial charge in [0.2, 0.25) is 0 Å². The van der Waals surface area contributed by atoms with E-state index in [0.29, 0.717) is 17.9 Å². The highest BCUT2D eigenvalue weighted by Crippen LogP contribution is 2.28. The summed E-state index contributed by atoms with van der Waals surface area (Å²) in [7, 11) is 0. The van der Waals surface area contributed by atoms with Crippen LogP contribution in [0.15, 0.2) is 22.6 Å². The summed E-state index contributed by atoms with van der Waals surface area (Å²) < 4.78 is 5.50. The van der Waals surface area contributed by atoms with Gasteiger partial charge in [-0.15, -0.1) is 0 Å². The van der Waals surface area contributed by atoms with Crippen molar-refractivity contribution >= 4 is 16.8 Å². The van der Waals surface area contributed by atoms with Crippen molar-refractivity contribution in [2.75, 3.05) is 11.9 Å². The van der Waals surface area contributed by atoms with E-state index in [4.69, 9.17) is 10.2 Å². The summed E-state index contributed by atoms with van der Waals surface area (Å²) in [6, 6.07) is 6.60. The van der Waals surface area contributed by atoms with Gasteiger partial charge in [-0.25, -0.2) is 4.98 Å². The maximum Gasteiger partial charge on any atom is 0.192 e. The molecule has 1 aromatic heterocycles. The second kappa shape index (κ2) is 5.21. The Morgan fingerprint density at radius 1 is 1.37 bits per heavy atom. The van der Waals surface area contributed by atoms with Crippen LogP contribution in [0.5, 0.6) is 0 Å². The average molecular weight is 259 g/mol. The van der Waals surface area contributed by atoms with Crippen LogP contribution in [-0.2, 0) is 0 Å². The third-order valence-corrected chi connectivity index (χ3v) is 4.06. The number of nitrogens with one attached hydrogen (secondary N) is 1. The molecular weight excluding hydrogens is 238 g/mol. The molecule has 1 heterocycles. The highest BCUT2D eigenvalue weighted by molar-refractivity contribution is 5.77. The number of hydrogen-bond donors (Lipinski definition) is 2. The van der Waals surface area contributed by atoms with Gasteiger partial charge in [-0.3, -0.25) is 0 Å². The van der Waals surface area contributed by atoms with Gasteiger partial charge < -0.3 is 15.5 Å². The second-order valence-corrected chi connectivity index (χ2v) is 5.45. The minimum Gasteiger partial charge on any atom is -0.441 e. The lowest BCUT2D eigenvalue weighted by molar-refractivity contribution is 0.332. The Morgan fingerprint density at radius 2 is 2.21 bits per heavy atom. The van der Waals surface area contributed by atoms with Crippen molar-refractivity contribution in [3.8, 4) is 0 Å². The number of aryl methyl sites for hydroxylation is 1. The SMILES string of the molecule is Cc1nc2cc(NC3CCCCC3CN)ccc2o1. The van der Waals surface area contributed by atoms with Crippen LogP contribution in [-0.4, -0.2) is 17.6 Å². The standard InChI is InChI=1S/C15H21N3O/c1-10-17-14-8-12(6-7-15(14)19-10)18-13-5-3-2-4-11(13)9-16/h6-8,11,13,18H,2-5,9,16H2,1H3. The quantitative estimate of drug-likeness (QED) is 0.889. The molecule has 2 aromatic rings. The first-order valence-corrected chi connectivity index (χ1v) is 7.10. The van der Waals surface area contributed by atoms with E-state index in [1.165, 1.54) is 25.7 Å². The van der Waals surface area contributed by atoms with E-state index < -0.39 is 0 Å². The second-order valence-electron chi connectivity index (χ2n) is 5.45. The molecule has 1 aliphatic rings. The topological polar surface area (TPSA) is 64.1 Å². The van der Waals surface area contributed by atoms with Gasteiger partial charge in [0.1, 0.15) is 5.52 Å². The summed E-state index contributed by atoms with van der Waals surface area (Å²) >= 11 is 0. The Bertz CT molecular complexity index is 564. The van der Waals surface area contributed by atoms with Crippen LogP contribution in [0.4, 0.5) is 5.69 Å². The van der Waals surface area contributed by atoms with Gasteiger partial charge in [-0.2, -0.15) is 0 Å². The van der Waals surface area contributed by atoms with Gasteiger partial charge in [-0.05, 0) is 43.5 Å². The van der Waals surface area contributed by atoms with Crippen molar-refractivity contribution in [1.29, 1.82) is 0 Å². The van der Waals surface area contributed by atoms with E-state index in [2.05, 4.69) is 22.4 Å². The number of oxazole rings is 1. The van der Waals surface area contributed by atoms with Crippen LogP contribution in [0.3, 0.4) is 0 Å². The maximum absolute atomic E-state index is 5.87. The summed E-state index contributed by atoms with van der Waals surface area (Å²) in [6.07, 6.45) is 5.04. The summed E-state index contributed by atoms with van der Waals surface area (Å²) in [5.74, 6) is 1.30. The molecule has 0 saturated heterocycles. The molecule has 102 valence electrons. The van der Waals surface area contributed by atoms with Crippen LogP contribution in [0.25, 0.3) is 11.1 Å². The first kappa shape index (κ1) is 12.5. The molecular formula is C15H21N3O. The van der Waals surface area contributed by atoms with Crippen molar-refractivity contribution in [3.63, 3.8) is 0 Å². The monoisotopic (exact) mass is 259 g/mol. The van der Waals surface area contributed by atoms with Crippen molar-refractivity contribution < 1.29 is 4.42 Å². The predicted molar refractivity (Wildman–Crippen MR) is 77.2 cm³/mol. The molecule has 0 bridgehead atoms. The number of hydrogen-bond acceptors (Lipinski definition) is 4. The Kier molecular flexibility index (Phi) is 3.42. The molecule has 2 unspecified atom stereocenters. The minimum atomic E-state index is 0.490. The summed E-state index contributed by atoms with van der Waals surface area (Å²) in [5, 5.41) is 3.62. The van der Waals surface area contributed by atoms with Crippen molar-refractivity contribution in [2.45, 2.75) is 38.6 Å². The van der Waals surface area contributed by atoms with Gasteiger partial charge in [0.15, 0.2) is 11.5 Å². The maximum atomic E-state index is 5.87. The molecule has 0 spiro atoms. The smallest absolute Gasteiger partial charge is 0.192 e. The molecule has 19 heavy (non-hydrogen) atoms. The number of fused-ring (bicyclic) bond motifs is 1. The minimum absolute atomic E-state index is 0.490. The van der Waals surface area contributed by atoms with E-state index in [1.54, 1.807) is 0 Å². The van der Waals surface area contributed by atoms with Crippen molar-refractivity contribution in [2.24, 2.45) is 11.7 Å². The number of anilines is 1. The van der Waals surface area contributed by atoms with E-state index in [1.807, 2.05) is 13.0 Å². The molecule has 4 heteroatoms. The van der Waals surface area contributed by atoms with Crippen LogP contribution < -0.4 is 11.1 Å². The molecule has 0 amide bonds. The fraction of sp³-hybridized carbons (Fsp3) is 0.533. The third kappa shape index (κ3) is 2.59. The molecule has 4 nitrogen and oxygen atoms in total. The predicted octanol–water partition coefficient (Wildman–Crippen LogP) is 3.07. The highest BCUT2D eigenvalue weighted by Gasteiger charge is 2.23. The van der Waals surface area contributed by atoms with Gasteiger partial charge in [0, 0.05) is 18.7 Å². The number of nitrogens with zero attached hydrogens (tertiary/aromatic N) is 1. The lowest BCUT2D eigenvalue weighted by atomic mass is 9.84. The fourth-order valence-corrected chi connectivity index (χ4v) is 3.03. The highest BCUT2D eigenvalue weighted by atomic mass is 16.3. The Balaban J connectivity index is 1.79. The molecule has 3 N–H and O–H groups in total. The number of benzene rings is 1. The van der Waals surface area contributed by atoms with Gasteiger partial charge in [0.25, 0.3) is 0 Å². The van der Waals surface area contributed by atoms with Gasteiger partial charge >= 0.3 is 0 Å². The first-order chi connectivity index (χ1) is 9.26. The zero-order chi connectivity index (χ0) is 13.2. The molecule has 3 rings (SSSR count). The number of rotatable bonds is 3. The van der Waals surface area contributed by atoms with Crippen LogP contribution in [0, 0.1) is 12.8 Å². The van der Waals surface area contributed by atoms with Gasteiger partial charge in [0.05, 0.1) is 0 Å². The first-order valence-electron chi connectivity index (χ1n) is 7.10. The van der Waals surface area contributed by atoms with E-state index >= 15 is 0 Å². The zero-order valence-corrected chi connectivity index (χ0v) is 11.4. The molecule has 1 fully saturated rings. The Labute approximate surface area is 113 Å². The van der Waals surface area contributed by atoms with Crippen molar-refractivity contribution in [3.05, 3.63) is 24.1 Å². The largest absolute Gasteiger partial charge is 0.441 e. The summed E-state index contributed by atoms with van der Waals surface area (Å²) in [5.41, 5.74) is 8.76. The Morgan fingerprint density at radius 3 is 3.05 bits per heavy atom. The Hall–Kier alpha value is -1.55. The number of nitrogens with two attached hydrogens (primary N) is 1. The van der Waals surface area contributed by atoms with Crippen LogP contribution >= 0.6 is 0 Å². The molecule has 0 aliphatic heterocycles. The zero-order valence-electron chi connectivity index (χ0n) is 11.4. The van der Waals surface area contributed by atoms with E-state index in [0.717, 1.165) is 23.3 Å². The van der Waals surface area contributed by atoms with Gasteiger partial charge in [-0.1, -0.05) is 12.8 Å². The molecule has 1 aromatic carbocycles. The lowest BCUT2D eigenvalue weighted by Gasteiger charge is -2.32. The molecule has 1 aliphatic carbocycles. The van der Waals surface area contributed by atoms with Crippen LogP contribution in [0.1, 0.15) is 31.6 Å². The third-order valence-electron chi connectivity index (χ3n) is 4.06. The molecule has 1 saturated carbocycles. The van der Waals surface area contributed by atoms with E-state index in [-0.39, 0.29) is 0 Å². The normalized spacial score (nSPS) is 23.7. The lowest BCUT2D eigenvalue weighted by Crippen LogP contribution is -2.36. The summed E-state index contributed by atoms with van der Waals surface area (Å²) in [4.78, 5) is 4.37.